The zero-order valence-electron chi connectivity index (χ0n) is 16.9. The van der Waals surface area contributed by atoms with Crippen molar-refractivity contribution in [3.63, 3.8) is 0 Å². The number of carbonyl (C=O) groups excluding carboxylic acids is 1. The second-order valence-electron chi connectivity index (χ2n) is 7.78. The van der Waals surface area contributed by atoms with Crippen molar-refractivity contribution >= 4 is 23.0 Å². The van der Waals surface area contributed by atoms with Gasteiger partial charge < -0.3 is 5.32 Å². The Balaban J connectivity index is 1.38. The molecule has 10 nitrogen and oxygen atoms in total. The van der Waals surface area contributed by atoms with Crippen molar-refractivity contribution in [3.05, 3.63) is 66.9 Å². The van der Waals surface area contributed by atoms with Gasteiger partial charge >= 0.3 is 5.92 Å². The fourth-order valence-corrected chi connectivity index (χ4v) is 3.52. The Morgan fingerprint density at radius 1 is 1.00 bits per heavy atom. The number of fused-ring (bicyclic) bond motifs is 2. The van der Waals surface area contributed by atoms with Gasteiger partial charge in [0, 0.05) is 35.6 Å². The zero-order chi connectivity index (χ0) is 22.6. The number of nitrogens with one attached hydrogen (secondary N) is 1. The minimum Gasteiger partial charge on any atom is -0.309 e. The Labute approximate surface area is 184 Å². The molecule has 5 aromatic heterocycles. The summed E-state index contributed by atoms with van der Waals surface area (Å²) in [5, 5.41) is 14.3. The van der Waals surface area contributed by atoms with E-state index in [4.69, 9.17) is 0 Å². The number of imidazole rings is 1. The van der Waals surface area contributed by atoms with Crippen molar-refractivity contribution in [2.45, 2.75) is 18.8 Å². The standard InChI is InChI=1S/C21H15F2N9O/c22-21(23,15-4-6-17-26-16(10-32(17)30-15)27-19(33)12-1-2-12)20-29-28-18-5-3-13(9-31(18)20)14-7-24-11-25-8-14/h3-12H,1-2H2,(H,27,33). The minimum absolute atomic E-state index is 0.00349. The topological polar surface area (TPSA) is 115 Å². The summed E-state index contributed by atoms with van der Waals surface area (Å²) in [6.45, 7) is 0. The predicted octanol–water partition coefficient (Wildman–Crippen LogP) is 2.72. The lowest BCUT2D eigenvalue weighted by Crippen LogP contribution is -2.22. The van der Waals surface area contributed by atoms with E-state index < -0.39 is 17.4 Å². The molecule has 0 unspecified atom stereocenters. The van der Waals surface area contributed by atoms with E-state index in [1.165, 1.54) is 39.8 Å². The van der Waals surface area contributed by atoms with Gasteiger partial charge in [-0.3, -0.25) is 9.20 Å². The van der Waals surface area contributed by atoms with Gasteiger partial charge in [-0.15, -0.1) is 10.2 Å². The van der Waals surface area contributed by atoms with Crippen LogP contribution < -0.4 is 5.32 Å². The van der Waals surface area contributed by atoms with Crippen molar-refractivity contribution < 1.29 is 13.6 Å². The largest absolute Gasteiger partial charge is 0.350 e. The van der Waals surface area contributed by atoms with Crippen molar-refractivity contribution in [2.24, 2.45) is 5.92 Å². The maximum atomic E-state index is 15.5. The van der Waals surface area contributed by atoms with E-state index in [1.807, 2.05) is 0 Å². The van der Waals surface area contributed by atoms with Gasteiger partial charge in [-0.1, -0.05) is 0 Å². The molecule has 1 saturated carbocycles. The molecule has 6 rings (SSSR count). The van der Waals surface area contributed by atoms with Gasteiger partial charge in [-0.05, 0) is 37.1 Å². The number of amides is 1. The van der Waals surface area contributed by atoms with Gasteiger partial charge in [-0.2, -0.15) is 13.9 Å². The number of nitrogens with zero attached hydrogens (tertiary/aromatic N) is 8. The molecule has 0 spiro atoms. The molecule has 164 valence electrons. The number of hydrogen-bond donors (Lipinski definition) is 1. The van der Waals surface area contributed by atoms with Crippen LogP contribution in [-0.2, 0) is 10.7 Å². The number of pyridine rings is 1. The van der Waals surface area contributed by atoms with Crippen LogP contribution in [0.3, 0.4) is 0 Å². The molecule has 12 heteroatoms. The van der Waals surface area contributed by atoms with Crippen molar-refractivity contribution in [1.82, 2.24) is 39.2 Å². The second kappa shape index (κ2) is 7.08. The monoisotopic (exact) mass is 447 g/mol. The van der Waals surface area contributed by atoms with E-state index in [-0.39, 0.29) is 23.3 Å². The molecular formula is C21H15F2N9O. The number of hydrogen-bond acceptors (Lipinski definition) is 7. The minimum atomic E-state index is -3.55. The Morgan fingerprint density at radius 3 is 2.58 bits per heavy atom. The second-order valence-corrected chi connectivity index (χ2v) is 7.78. The summed E-state index contributed by atoms with van der Waals surface area (Å²) in [5.74, 6) is -4.00. The molecule has 1 fully saturated rings. The van der Waals surface area contributed by atoms with E-state index in [1.54, 1.807) is 24.5 Å². The quantitative estimate of drug-likeness (QED) is 0.440. The van der Waals surface area contributed by atoms with E-state index in [0.717, 1.165) is 12.8 Å². The molecule has 0 aliphatic heterocycles. The highest BCUT2D eigenvalue weighted by Crippen LogP contribution is 2.34. The third-order valence-corrected chi connectivity index (χ3v) is 5.42. The Hall–Kier alpha value is -4.35. The first-order chi connectivity index (χ1) is 16.0. The highest BCUT2D eigenvalue weighted by atomic mass is 19.3. The number of halogens is 2. The number of carbonyl (C=O) groups is 1. The first-order valence-corrected chi connectivity index (χ1v) is 10.2. The van der Waals surface area contributed by atoms with Crippen LogP contribution in [0.2, 0.25) is 0 Å². The third-order valence-electron chi connectivity index (χ3n) is 5.42. The predicted molar refractivity (Wildman–Crippen MR) is 111 cm³/mol. The van der Waals surface area contributed by atoms with Gasteiger partial charge in [0.15, 0.2) is 17.1 Å². The summed E-state index contributed by atoms with van der Waals surface area (Å²) in [6, 6.07) is 5.93. The average Bonchev–Trinajstić information content (AvgIpc) is 3.47. The molecule has 0 atom stereocenters. The molecule has 0 saturated heterocycles. The van der Waals surface area contributed by atoms with Crippen molar-refractivity contribution in [3.8, 4) is 11.1 Å². The summed E-state index contributed by atoms with van der Waals surface area (Å²) >= 11 is 0. The van der Waals surface area contributed by atoms with Crippen LogP contribution in [0, 0.1) is 5.92 Å². The molecule has 1 aliphatic carbocycles. The zero-order valence-corrected chi connectivity index (χ0v) is 16.9. The molecule has 1 aliphatic rings. The Morgan fingerprint density at radius 2 is 1.79 bits per heavy atom. The van der Waals surface area contributed by atoms with Gasteiger partial charge in [0.2, 0.25) is 11.7 Å². The number of aromatic nitrogens is 8. The van der Waals surface area contributed by atoms with Gasteiger partial charge in [0.1, 0.15) is 12.0 Å². The van der Waals surface area contributed by atoms with E-state index in [2.05, 4.69) is 35.6 Å². The lowest BCUT2D eigenvalue weighted by molar-refractivity contribution is -0.117. The van der Waals surface area contributed by atoms with Gasteiger partial charge in [0.05, 0.1) is 6.20 Å². The van der Waals surface area contributed by atoms with Crippen LogP contribution in [0.1, 0.15) is 24.4 Å². The lowest BCUT2D eigenvalue weighted by Gasteiger charge is -2.14. The first kappa shape index (κ1) is 19.3. The van der Waals surface area contributed by atoms with Crippen molar-refractivity contribution in [1.29, 1.82) is 0 Å². The molecule has 33 heavy (non-hydrogen) atoms. The lowest BCUT2D eigenvalue weighted by atomic mass is 10.1. The summed E-state index contributed by atoms with van der Waals surface area (Å²) in [6.07, 6.45) is 9.18. The van der Waals surface area contributed by atoms with Crippen LogP contribution in [0.5, 0.6) is 0 Å². The molecule has 0 bridgehead atoms. The maximum absolute atomic E-state index is 15.5. The highest BCUT2D eigenvalue weighted by molar-refractivity contribution is 5.93. The van der Waals surface area contributed by atoms with Crippen LogP contribution in [-0.4, -0.2) is 45.1 Å². The summed E-state index contributed by atoms with van der Waals surface area (Å²) < 4.78 is 33.5. The average molecular weight is 447 g/mol. The molecule has 1 amide bonds. The smallest absolute Gasteiger partial charge is 0.309 e. The fraction of sp³-hybridized carbons (Fsp3) is 0.190. The molecule has 0 aromatic carbocycles. The van der Waals surface area contributed by atoms with Crippen LogP contribution in [0.25, 0.3) is 22.4 Å². The van der Waals surface area contributed by atoms with Crippen molar-refractivity contribution in [2.75, 3.05) is 5.32 Å². The van der Waals surface area contributed by atoms with Crippen LogP contribution in [0.4, 0.5) is 14.6 Å². The maximum Gasteiger partial charge on any atom is 0.350 e. The van der Waals surface area contributed by atoms with E-state index in [9.17, 15) is 4.79 Å². The number of anilines is 1. The Bertz CT molecular complexity index is 1510. The molecule has 5 heterocycles. The number of rotatable bonds is 5. The SMILES string of the molecule is O=C(Nc1cn2nc(C(F)(F)c3nnc4ccc(-c5cncnc5)cn34)ccc2n1)C1CC1. The summed E-state index contributed by atoms with van der Waals surface area (Å²) in [7, 11) is 0. The van der Waals surface area contributed by atoms with Gasteiger partial charge in [-0.25, -0.2) is 19.5 Å². The molecule has 5 aromatic rings. The van der Waals surface area contributed by atoms with Crippen LogP contribution >= 0.6 is 0 Å². The third kappa shape index (κ3) is 3.35. The number of alkyl halides is 2. The van der Waals surface area contributed by atoms with E-state index >= 15 is 8.78 Å². The molecule has 0 radical (unpaired) electrons. The van der Waals surface area contributed by atoms with E-state index in [0.29, 0.717) is 16.8 Å². The van der Waals surface area contributed by atoms with Crippen LogP contribution in [0.15, 0.2) is 55.4 Å². The Kier molecular flexibility index (Phi) is 4.15. The summed E-state index contributed by atoms with van der Waals surface area (Å²) in [4.78, 5) is 24.1. The summed E-state index contributed by atoms with van der Waals surface area (Å²) in [5.41, 5.74) is 1.36. The van der Waals surface area contributed by atoms with Gasteiger partial charge in [0.25, 0.3) is 0 Å². The normalized spacial score (nSPS) is 14.1. The molecule has 1 N–H and O–H groups in total. The fourth-order valence-electron chi connectivity index (χ4n) is 3.52. The first-order valence-electron chi connectivity index (χ1n) is 10.2. The molecular weight excluding hydrogens is 432 g/mol. The highest BCUT2D eigenvalue weighted by Gasteiger charge is 2.41.